The first kappa shape index (κ1) is 13.9. The Labute approximate surface area is 101 Å². The fourth-order valence-corrected chi connectivity index (χ4v) is 2.41. The molecule has 0 fully saturated rings. The van der Waals surface area contributed by atoms with Gasteiger partial charge in [0.05, 0.1) is 6.54 Å². The van der Waals surface area contributed by atoms with E-state index < -0.39 is 10.0 Å². The number of aromatic nitrogens is 2. The number of ketones is 1. The maximum absolute atomic E-state index is 11.8. The molecule has 7 heteroatoms. The molecular weight excluding hydrogens is 242 g/mol. The number of hydrogen-bond acceptors (Lipinski definition) is 4. The third kappa shape index (κ3) is 3.64. The first-order valence-corrected chi connectivity index (χ1v) is 6.88. The highest BCUT2D eigenvalue weighted by molar-refractivity contribution is 7.89. The molecule has 1 aromatic rings. The maximum atomic E-state index is 11.8. The van der Waals surface area contributed by atoms with Crippen molar-refractivity contribution in [2.45, 2.75) is 38.8 Å². The highest BCUT2D eigenvalue weighted by Crippen LogP contribution is 2.09. The van der Waals surface area contributed by atoms with E-state index in [1.807, 2.05) is 6.92 Å². The molecule has 6 nitrogen and oxygen atoms in total. The summed E-state index contributed by atoms with van der Waals surface area (Å²) < 4.78 is 27.5. The lowest BCUT2D eigenvalue weighted by atomic mass is 10.5. The molecule has 1 rings (SSSR count). The van der Waals surface area contributed by atoms with Crippen molar-refractivity contribution in [1.82, 2.24) is 14.3 Å². The van der Waals surface area contributed by atoms with Gasteiger partial charge in [-0.3, -0.25) is 4.79 Å². The van der Waals surface area contributed by atoms with E-state index in [0.29, 0.717) is 5.82 Å². The minimum absolute atomic E-state index is 0.0373. The van der Waals surface area contributed by atoms with Crippen molar-refractivity contribution in [3.63, 3.8) is 0 Å². The van der Waals surface area contributed by atoms with Gasteiger partial charge >= 0.3 is 0 Å². The Kier molecular flexibility index (Phi) is 4.41. The highest BCUT2D eigenvalue weighted by atomic mass is 32.2. The third-order valence-electron chi connectivity index (χ3n) is 2.20. The van der Waals surface area contributed by atoms with Crippen molar-refractivity contribution < 1.29 is 13.2 Å². The minimum atomic E-state index is -3.68. The van der Waals surface area contributed by atoms with Crippen LogP contribution in [0.15, 0.2) is 11.2 Å². The molecule has 0 saturated carbocycles. The van der Waals surface area contributed by atoms with Gasteiger partial charge in [-0.15, -0.1) is 0 Å². The molecule has 0 aliphatic heterocycles. The minimum Gasteiger partial charge on any atom is -0.334 e. The fraction of sp³-hybridized carbons (Fsp3) is 0.600. The monoisotopic (exact) mass is 259 g/mol. The Bertz CT molecular complexity index is 505. The summed E-state index contributed by atoms with van der Waals surface area (Å²) in [7, 11) is -3.68. The molecule has 0 aliphatic rings. The van der Waals surface area contributed by atoms with E-state index in [9.17, 15) is 13.2 Å². The van der Waals surface area contributed by atoms with E-state index >= 15 is 0 Å². The summed E-state index contributed by atoms with van der Waals surface area (Å²) in [6.07, 6.45) is 2.39. The van der Waals surface area contributed by atoms with E-state index in [4.69, 9.17) is 0 Å². The summed E-state index contributed by atoms with van der Waals surface area (Å²) in [4.78, 5) is 14.7. The number of rotatable bonds is 6. The molecule has 17 heavy (non-hydrogen) atoms. The van der Waals surface area contributed by atoms with Gasteiger partial charge in [0.2, 0.25) is 0 Å². The second kappa shape index (κ2) is 5.42. The van der Waals surface area contributed by atoms with Crippen molar-refractivity contribution in [3.05, 3.63) is 12.0 Å². The second-order valence-corrected chi connectivity index (χ2v) is 5.56. The van der Waals surface area contributed by atoms with Gasteiger partial charge in [-0.1, -0.05) is 6.92 Å². The first-order chi connectivity index (χ1) is 7.86. The van der Waals surface area contributed by atoms with Crippen LogP contribution in [0.2, 0.25) is 0 Å². The Balaban J connectivity index is 2.91. The average Bonchev–Trinajstić information content (AvgIpc) is 2.59. The number of carbonyl (C=O) groups is 1. The topological polar surface area (TPSA) is 81.1 Å². The normalized spacial score (nSPS) is 11.7. The fourth-order valence-electron chi connectivity index (χ4n) is 1.35. The molecule has 0 amide bonds. The van der Waals surface area contributed by atoms with Crippen molar-refractivity contribution in [2.24, 2.45) is 0 Å². The summed E-state index contributed by atoms with van der Waals surface area (Å²) in [6, 6.07) is 0. The molecule has 1 heterocycles. The summed E-state index contributed by atoms with van der Waals surface area (Å²) in [5.74, 6) is 0.410. The molecule has 1 aromatic heterocycles. The van der Waals surface area contributed by atoms with Gasteiger partial charge < -0.3 is 4.57 Å². The molecule has 1 N–H and O–H groups in total. The van der Waals surface area contributed by atoms with Gasteiger partial charge in [0, 0.05) is 12.7 Å². The predicted octanol–water partition coefficient (Wildman–Crippen LogP) is 0.469. The Morgan fingerprint density at radius 2 is 2.18 bits per heavy atom. The van der Waals surface area contributed by atoms with E-state index in [1.165, 1.54) is 13.1 Å². The van der Waals surface area contributed by atoms with Crippen molar-refractivity contribution >= 4 is 15.8 Å². The van der Waals surface area contributed by atoms with Crippen molar-refractivity contribution in [1.29, 1.82) is 0 Å². The largest absolute Gasteiger partial charge is 0.334 e. The van der Waals surface area contributed by atoms with Crippen molar-refractivity contribution in [3.8, 4) is 0 Å². The van der Waals surface area contributed by atoms with Gasteiger partial charge in [-0.2, -0.15) is 0 Å². The maximum Gasteiger partial charge on any atom is 0.259 e. The van der Waals surface area contributed by atoms with Gasteiger partial charge in [0.25, 0.3) is 10.0 Å². The Morgan fingerprint density at radius 1 is 1.53 bits per heavy atom. The lowest BCUT2D eigenvalue weighted by Gasteiger charge is -2.01. The first-order valence-electron chi connectivity index (χ1n) is 5.39. The SMILES string of the molecule is CCCn1cc(S(=O)(=O)NCC(C)=O)nc1C. The molecular formula is C10H17N3O3S. The summed E-state index contributed by atoms with van der Waals surface area (Å²) in [6.45, 7) is 5.59. The molecule has 0 atom stereocenters. The molecule has 0 saturated heterocycles. The predicted molar refractivity (Wildman–Crippen MR) is 63.1 cm³/mol. The standard InChI is InChI=1S/C10H17N3O3S/c1-4-5-13-7-10(12-9(13)3)17(15,16)11-6-8(2)14/h7,11H,4-6H2,1-3H3. The zero-order valence-corrected chi connectivity index (χ0v) is 11.0. The number of nitrogens with zero attached hydrogens (tertiary/aromatic N) is 2. The average molecular weight is 259 g/mol. The smallest absolute Gasteiger partial charge is 0.259 e. The number of carbonyl (C=O) groups excluding carboxylic acids is 1. The molecule has 0 spiro atoms. The molecule has 96 valence electrons. The van der Waals surface area contributed by atoms with Gasteiger partial charge in [-0.05, 0) is 20.3 Å². The summed E-state index contributed by atoms with van der Waals surface area (Å²) in [5.41, 5.74) is 0. The van der Waals surface area contributed by atoms with Crippen LogP contribution in [0.3, 0.4) is 0 Å². The van der Waals surface area contributed by atoms with Crippen LogP contribution >= 0.6 is 0 Å². The Hall–Kier alpha value is -1.21. The van der Waals surface area contributed by atoms with Crippen molar-refractivity contribution in [2.75, 3.05) is 6.54 Å². The lowest BCUT2D eigenvalue weighted by molar-refractivity contribution is -0.115. The summed E-state index contributed by atoms with van der Waals surface area (Å²) in [5, 5.41) is -0.0373. The van der Waals surface area contributed by atoms with E-state index in [1.54, 1.807) is 11.5 Å². The quantitative estimate of drug-likeness (QED) is 0.805. The van der Waals surface area contributed by atoms with E-state index in [2.05, 4.69) is 9.71 Å². The van der Waals surface area contributed by atoms with Crippen LogP contribution in [0.1, 0.15) is 26.1 Å². The summed E-state index contributed by atoms with van der Waals surface area (Å²) >= 11 is 0. The van der Waals surface area contributed by atoms with Gasteiger partial charge in [0.15, 0.2) is 5.03 Å². The van der Waals surface area contributed by atoms with Crippen LogP contribution in [0, 0.1) is 6.92 Å². The van der Waals surface area contributed by atoms with Gasteiger partial charge in [-0.25, -0.2) is 18.1 Å². The number of imidazole rings is 1. The number of Topliss-reactive ketones (excluding diaryl/α,β-unsaturated/α-hetero) is 1. The van der Waals surface area contributed by atoms with Crippen LogP contribution in [0.5, 0.6) is 0 Å². The molecule has 0 aromatic carbocycles. The molecule has 0 aliphatic carbocycles. The van der Waals surface area contributed by atoms with Crippen LogP contribution < -0.4 is 4.72 Å². The van der Waals surface area contributed by atoms with E-state index in [0.717, 1.165) is 13.0 Å². The second-order valence-electron chi connectivity index (χ2n) is 3.85. The zero-order chi connectivity index (χ0) is 13.1. The van der Waals surface area contributed by atoms with Crippen LogP contribution in [-0.2, 0) is 21.4 Å². The van der Waals surface area contributed by atoms with Crippen LogP contribution in [-0.4, -0.2) is 30.3 Å². The molecule has 0 bridgehead atoms. The molecule has 0 unspecified atom stereocenters. The van der Waals surface area contributed by atoms with Crippen LogP contribution in [0.4, 0.5) is 0 Å². The zero-order valence-electron chi connectivity index (χ0n) is 10.2. The highest BCUT2D eigenvalue weighted by Gasteiger charge is 2.18. The number of aryl methyl sites for hydroxylation is 2. The third-order valence-corrected chi connectivity index (χ3v) is 3.48. The number of hydrogen-bond donors (Lipinski definition) is 1. The van der Waals surface area contributed by atoms with E-state index in [-0.39, 0.29) is 17.4 Å². The number of sulfonamides is 1. The van der Waals surface area contributed by atoms with Crippen LogP contribution in [0.25, 0.3) is 0 Å². The molecule has 0 radical (unpaired) electrons. The number of nitrogens with one attached hydrogen (secondary N) is 1. The Morgan fingerprint density at radius 3 is 2.71 bits per heavy atom. The lowest BCUT2D eigenvalue weighted by Crippen LogP contribution is -2.28. The van der Waals surface area contributed by atoms with Gasteiger partial charge in [0.1, 0.15) is 11.6 Å².